The van der Waals surface area contributed by atoms with Gasteiger partial charge in [0.2, 0.25) is 0 Å². The number of aliphatic hydroxyl groups excluding tert-OH is 1. The number of aliphatic hydroxyl groups is 1. The molecule has 0 radical (unpaired) electrons. The van der Waals surface area contributed by atoms with Crippen LogP contribution in [0.5, 0.6) is 0 Å². The fourth-order valence-corrected chi connectivity index (χ4v) is 2.15. The van der Waals surface area contributed by atoms with Crippen molar-refractivity contribution in [2.24, 2.45) is 0 Å². The van der Waals surface area contributed by atoms with E-state index in [9.17, 15) is 0 Å². The Bertz CT molecular complexity index is 535. The van der Waals surface area contributed by atoms with Crippen molar-refractivity contribution in [2.45, 2.75) is 19.1 Å². The molecule has 7 nitrogen and oxygen atoms in total. The van der Waals surface area contributed by atoms with E-state index in [2.05, 4.69) is 20.3 Å². The number of nitrogens with one attached hydrogen (secondary N) is 1. The number of hydrogen-bond donors (Lipinski definition) is 2. The minimum Gasteiger partial charge on any atom is -0.395 e. The molecule has 1 aliphatic rings. The summed E-state index contributed by atoms with van der Waals surface area (Å²) in [6.45, 7) is 1.28. The van der Waals surface area contributed by atoms with Crippen LogP contribution in [0.1, 0.15) is 19.1 Å². The maximum absolute atomic E-state index is 8.83. The lowest BCUT2D eigenvalue weighted by atomic mass is 10.3. The molecular formula is C11H15N5O2. The summed E-state index contributed by atoms with van der Waals surface area (Å²) < 4.78 is 7.57. The number of nitrogens with zero attached hydrogens (tertiary/aromatic N) is 4. The molecule has 2 N–H and O–H groups in total. The van der Waals surface area contributed by atoms with Gasteiger partial charge in [-0.15, -0.1) is 0 Å². The second kappa shape index (κ2) is 4.87. The lowest BCUT2D eigenvalue weighted by Gasteiger charge is -2.11. The monoisotopic (exact) mass is 249 g/mol. The summed E-state index contributed by atoms with van der Waals surface area (Å²) in [4.78, 5) is 12.7. The largest absolute Gasteiger partial charge is 0.395 e. The van der Waals surface area contributed by atoms with Crippen LogP contribution in [0, 0.1) is 0 Å². The van der Waals surface area contributed by atoms with E-state index in [-0.39, 0.29) is 12.8 Å². The molecular weight excluding hydrogens is 234 g/mol. The Morgan fingerprint density at radius 2 is 2.39 bits per heavy atom. The zero-order valence-electron chi connectivity index (χ0n) is 9.91. The van der Waals surface area contributed by atoms with E-state index in [1.165, 1.54) is 6.33 Å². The molecule has 0 unspecified atom stereocenters. The zero-order valence-corrected chi connectivity index (χ0v) is 9.91. The van der Waals surface area contributed by atoms with Crippen molar-refractivity contribution in [3.05, 3.63) is 12.7 Å². The Balaban J connectivity index is 1.97. The van der Waals surface area contributed by atoms with E-state index in [1.807, 2.05) is 4.57 Å². The van der Waals surface area contributed by atoms with Gasteiger partial charge in [0.05, 0.1) is 12.9 Å². The summed E-state index contributed by atoms with van der Waals surface area (Å²) in [5.74, 6) is 0.644. The van der Waals surface area contributed by atoms with Crippen LogP contribution in [-0.2, 0) is 4.74 Å². The fraction of sp³-hybridized carbons (Fsp3) is 0.545. The molecule has 0 amide bonds. The summed E-state index contributed by atoms with van der Waals surface area (Å²) in [5.41, 5.74) is 1.47. The van der Waals surface area contributed by atoms with E-state index in [0.717, 1.165) is 25.1 Å². The van der Waals surface area contributed by atoms with Gasteiger partial charge in [0.15, 0.2) is 17.0 Å². The van der Waals surface area contributed by atoms with Crippen molar-refractivity contribution in [1.82, 2.24) is 19.5 Å². The average Bonchev–Trinajstić information content (AvgIpc) is 3.04. The SMILES string of the molecule is OCCNc1ncnc2c1ncn2[C@H]1CCCO1. The fourth-order valence-electron chi connectivity index (χ4n) is 2.15. The maximum atomic E-state index is 8.83. The van der Waals surface area contributed by atoms with Crippen molar-refractivity contribution in [3.8, 4) is 0 Å². The summed E-state index contributed by atoms with van der Waals surface area (Å²) in [5, 5.41) is 11.8. The first kappa shape index (κ1) is 11.4. The van der Waals surface area contributed by atoms with Crippen LogP contribution in [-0.4, -0.2) is 44.4 Å². The van der Waals surface area contributed by atoms with E-state index in [1.54, 1.807) is 6.33 Å². The van der Waals surface area contributed by atoms with Gasteiger partial charge in [0, 0.05) is 13.2 Å². The molecule has 0 spiro atoms. The van der Waals surface area contributed by atoms with E-state index in [0.29, 0.717) is 17.9 Å². The molecule has 3 heterocycles. The molecule has 7 heteroatoms. The minimum absolute atomic E-state index is 0.0237. The van der Waals surface area contributed by atoms with Gasteiger partial charge in [-0.3, -0.25) is 4.57 Å². The second-order valence-corrected chi connectivity index (χ2v) is 4.16. The van der Waals surface area contributed by atoms with Gasteiger partial charge in [-0.25, -0.2) is 15.0 Å². The molecule has 3 rings (SSSR count). The first-order valence-electron chi connectivity index (χ1n) is 6.04. The predicted octanol–water partition coefficient (Wildman–Crippen LogP) is 0.539. The average molecular weight is 249 g/mol. The quantitative estimate of drug-likeness (QED) is 0.822. The van der Waals surface area contributed by atoms with Gasteiger partial charge in [-0.1, -0.05) is 0 Å². The van der Waals surface area contributed by atoms with Crippen LogP contribution in [0.2, 0.25) is 0 Å². The molecule has 96 valence electrons. The van der Waals surface area contributed by atoms with Gasteiger partial charge in [0.25, 0.3) is 0 Å². The third-order valence-corrected chi connectivity index (χ3v) is 2.98. The van der Waals surface area contributed by atoms with Crippen LogP contribution < -0.4 is 5.32 Å². The van der Waals surface area contributed by atoms with Crippen LogP contribution in [0.3, 0.4) is 0 Å². The Morgan fingerprint density at radius 3 is 3.17 bits per heavy atom. The molecule has 1 aliphatic heterocycles. The Hall–Kier alpha value is -1.73. The van der Waals surface area contributed by atoms with E-state index < -0.39 is 0 Å². The van der Waals surface area contributed by atoms with Crippen LogP contribution in [0.4, 0.5) is 5.82 Å². The van der Waals surface area contributed by atoms with Crippen molar-refractivity contribution in [1.29, 1.82) is 0 Å². The number of aromatic nitrogens is 4. The number of hydrogen-bond acceptors (Lipinski definition) is 6. The molecule has 0 aromatic carbocycles. The molecule has 1 fully saturated rings. The first-order valence-corrected chi connectivity index (χ1v) is 6.04. The standard InChI is InChI=1S/C11H15N5O2/c17-4-3-12-10-9-11(14-6-13-10)16(7-15-9)8-2-1-5-18-8/h6-8,17H,1-5H2,(H,12,13,14)/t8-/m1/s1. The Morgan fingerprint density at radius 1 is 1.44 bits per heavy atom. The van der Waals surface area contributed by atoms with E-state index in [4.69, 9.17) is 9.84 Å². The van der Waals surface area contributed by atoms with Crippen LogP contribution in [0.15, 0.2) is 12.7 Å². The van der Waals surface area contributed by atoms with Crippen molar-refractivity contribution < 1.29 is 9.84 Å². The smallest absolute Gasteiger partial charge is 0.167 e. The molecule has 0 bridgehead atoms. The van der Waals surface area contributed by atoms with Crippen LogP contribution >= 0.6 is 0 Å². The summed E-state index contributed by atoms with van der Waals surface area (Å²) in [6.07, 6.45) is 5.30. The number of rotatable bonds is 4. The number of fused-ring (bicyclic) bond motifs is 1. The molecule has 2 aromatic heterocycles. The van der Waals surface area contributed by atoms with Gasteiger partial charge in [-0.05, 0) is 12.8 Å². The lowest BCUT2D eigenvalue weighted by molar-refractivity contribution is 0.0593. The highest BCUT2D eigenvalue weighted by atomic mass is 16.5. The zero-order chi connectivity index (χ0) is 12.4. The normalized spacial score (nSPS) is 19.5. The van der Waals surface area contributed by atoms with Crippen molar-refractivity contribution in [3.63, 3.8) is 0 Å². The van der Waals surface area contributed by atoms with Gasteiger partial charge < -0.3 is 15.2 Å². The highest BCUT2D eigenvalue weighted by molar-refractivity contribution is 5.82. The molecule has 0 saturated carbocycles. The molecule has 1 saturated heterocycles. The Labute approximate surface area is 104 Å². The number of ether oxygens (including phenoxy) is 1. The molecule has 0 aliphatic carbocycles. The highest BCUT2D eigenvalue weighted by Crippen LogP contribution is 2.27. The van der Waals surface area contributed by atoms with Crippen molar-refractivity contribution in [2.75, 3.05) is 25.1 Å². The number of imidazole rings is 1. The molecule has 1 atom stereocenters. The molecule has 18 heavy (non-hydrogen) atoms. The third-order valence-electron chi connectivity index (χ3n) is 2.98. The summed E-state index contributed by atoms with van der Waals surface area (Å²) in [6, 6.07) is 0. The second-order valence-electron chi connectivity index (χ2n) is 4.16. The van der Waals surface area contributed by atoms with E-state index >= 15 is 0 Å². The van der Waals surface area contributed by atoms with Gasteiger partial charge >= 0.3 is 0 Å². The predicted molar refractivity (Wildman–Crippen MR) is 65.1 cm³/mol. The van der Waals surface area contributed by atoms with Crippen molar-refractivity contribution >= 4 is 17.0 Å². The van der Waals surface area contributed by atoms with Gasteiger partial charge in [-0.2, -0.15) is 0 Å². The third kappa shape index (κ3) is 1.91. The lowest BCUT2D eigenvalue weighted by Crippen LogP contribution is -2.09. The maximum Gasteiger partial charge on any atom is 0.167 e. The minimum atomic E-state index is 0.0237. The Kier molecular flexibility index (Phi) is 3.07. The molecule has 2 aromatic rings. The topological polar surface area (TPSA) is 85.1 Å². The van der Waals surface area contributed by atoms with Gasteiger partial charge in [0.1, 0.15) is 12.6 Å². The highest BCUT2D eigenvalue weighted by Gasteiger charge is 2.21. The van der Waals surface area contributed by atoms with Crippen LogP contribution in [0.25, 0.3) is 11.2 Å². The summed E-state index contributed by atoms with van der Waals surface area (Å²) in [7, 11) is 0. The number of anilines is 1. The first-order chi connectivity index (χ1) is 8.90. The summed E-state index contributed by atoms with van der Waals surface area (Å²) >= 11 is 0.